The maximum atomic E-state index is 12.6. The van der Waals surface area contributed by atoms with E-state index in [2.05, 4.69) is 31.3 Å². The average molecular weight is 263 g/mol. The second-order valence-corrected chi connectivity index (χ2v) is 6.93. The molecule has 1 aromatic rings. The number of hydrogen-bond donors (Lipinski definition) is 1. The Labute approximate surface area is 112 Å². The monoisotopic (exact) mass is 263 g/mol. The molecule has 3 unspecified atom stereocenters. The quantitative estimate of drug-likeness (QED) is 0.908. The van der Waals surface area contributed by atoms with E-state index in [9.17, 15) is 4.21 Å². The van der Waals surface area contributed by atoms with Crippen molar-refractivity contribution >= 4 is 10.8 Å². The number of benzene rings is 1. The number of fused-ring (bicyclic) bond motifs is 2. The van der Waals surface area contributed by atoms with Gasteiger partial charge in [-0.15, -0.1) is 0 Å². The molecule has 1 heterocycles. The molecule has 0 aromatic heterocycles. The lowest BCUT2D eigenvalue weighted by Gasteiger charge is -2.18. The first-order chi connectivity index (χ1) is 8.76. The third kappa shape index (κ3) is 1.76. The molecule has 1 aromatic carbocycles. The van der Waals surface area contributed by atoms with E-state index in [0.29, 0.717) is 6.04 Å². The normalized spacial score (nSPS) is 29.3. The third-order valence-corrected chi connectivity index (χ3v) is 6.19. The molecule has 1 N–H and O–H groups in total. The highest BCUT2D eigenvalue weighted by atomic mass is 32.2. The van der Waals surface area contributed by atoms with Gasteiger partial charge in [0.25, 0.3) is 0 Å². The van der Waals surface area contributed by atoms with Gasteiger partial charge in [-0.2, -0.15) is 0 Å². The molecule has 3 rings (SSSR count). The van der Waals surface area contributed by atoms with Crippen LogP contribution in [0.4, 0.5) is 0 Å². The zero-order chi connectivity index (χ0) is 12.7. The summed E-state index contributed by atoms with van der Waals surface area (Å²) in [5.74, 6) is 0. The number of nitrogens with one attached hydrogen (secondary N) is 1. The van der Waals surface area contributed by atoms with Crippen LogP contribution in [0.25, 0.3) is 0 Å². The predicted molar refractivity (Wildman–Crippen MR) is 75.4 cm³/mol. The summed E-state index contributed by atoms with van der Waals surface area (Å²) in [7, 11) is -0.822. The molecule has 3 heteroatoms. The average Bonchev–Trinajstić information content (AvgIpc) is 2.92. The zero-order valence-electron chi connectivity index (χ0n) is 11.2. The fourth-order valence-electron chi connectivity index (χ4n) is 3.37. The van der Waals surface area contributed by atoms with Gasteiger partial charge in [-0.25, -0.2) is 0 Å². The Morgan fingerprint density at radius 1 is 1.28 bits per heavy atom. The maximum Gasteiger partial charge on any atom is 0.0587 e. The molecule has 98 valence electrons. The number of rotatable bonds is 3. The van der Waals surface area contributed by atoms with E-state index in [0.717, 1.165) is 17.9 Å². The van der Waals surface area contributed by atoms with Crippen LogP contribution >= 0.6 is 0 Å². The molecule has 0 fully saturated rings. The molecule has 2 aliphatic rings. The van der Waals surface area contributed by atoms with Crippen LogP contribution in [0.2, 0.25) is 0 Å². The van der Waals surface area contributed by atoms with Gasteiger partial charge in [0.2, 0.25) is 0 Å². The van der Waals surface area contributed by atoms with Gasteiger partial charge >= 0.3 is 0 Å². The van der Waals surface area contributed by atoms with E-state index < -0.39 is 10.8 Å². The summed E-state index contributed by atoms with van der Waals surface area (Å²) in [5.41, 5.74) is 4.24. The van der Waals surface area contributed by atoms with Crippen molar-refractivity contribution in [1.29, 1.82) is 0 Å². The Hall–Kier alpha value is -0.670. The van der Waals surface area contributed by atoms with E-state index in [1.807, 2.05) is 0 Å². The largest absolute Gasteiger partial charge is 0.309 e. The molecule has 18 heavy (non-hydrogen) atoms. The van der Waals surface area contributed by atoms with Crippen molar-refractivity contribution in [2.45, 2.75) is 55.7 Å². The maximum absolute atomic E-state index is 12.6. The Morgan fingerprint density at radius 3 is 2.67 bits per heavy atom. The van der Waals surface area contributed by atoms with Gasteiger partial charge in [0.15, 0.2) is 0 Å². The van der Waals surface area contributed by atoms with Crippen LogP contribution in [-0.4, -0.2) is 16.0 Å². The van der Waals surface area contributed by atoms with Gasteiger partial charge in [-0.3, -0.25) is 4.21 Å². The highest BCUT2D eigenvalue weighted by Gasteiger charge is 2.38. The lowest BCUT2D eigenvalue weighted by atomic mass is 9.98. The Morgan fingerprint density at radius 2 is 2.00 bits per heavy atom. The summed E-state index contributed by atoms with van der Waals surface area (Å²) >= 11 is 0. The Bertz CT molecular complexity index is 498. The molecular formula is C15H21NOS. The van der Waals surface area contributed by atoms with Gasteiger partial charge in [0, 0.05) is 10.9 Å². The first kappa shape index (κ1) is 12.4. The molecular weight excluding hydrogens is 242 g/mol. The first-order valence-corrected chi connectivity index (χ1v) is 8.27. The highest BCUT2D eigenvalue weighted by molar-refractivity contribution is 7.86. The van der Waals surface area contributed by atoms with Crippen molar-refractivity contribution < 1.29 is 4.21 Å². The van der Waals surface area contributed by atoms with Crippen LogP contribution in [0.1, 0.15) is 49.4 Å². The van der Waals surface area contributed by atoms with E-state index >= 15 is 0 Å². The summed E-state index contributed by atoms with van der Waals surface area (Å²) in [5, 5.41) is 3.78. The van der Waals surface area contributed by atoms with Crippen LogP contribution < -0.4 is 5.32 Å². The summed E-state index contributed by atoms with van der Waals surface area (Å²) in [6.45, 7) is 5.21. The van der Waals surface area contributed by atoms with Crippen LogP contribution in [0.15, 0.2) is 17.0 Å². The van der Waals surface area contributed by atoms with E-state index in [1.165, 1.54) is 36.0 Å². The van der Waals surface area contributed by atoms with Gasteiger partial charge in [0.05, 0.1) is 16.0 Å². The summed E-state index contributed by atoms with van der Waals surface area (Å²) in [4.78, 5) is 1.11. The lowest BCUT2D eigenvalue weighted by molar-refractivity contribution is 0.520. The van der Waals surface area contributed by atoms with Gasteiger partial charge in [0.1, 0.15) is 0 Å². The second kappa shape index (κ2) is 4.78. The van der Waals surface area contributed by atoms with Crippen LogP contribution in [0, 0.1) is 0 Å². The van der Waals surface area contributed by atoms with Crippen molar-refractivity contribution in [1.82, 2.24) is 5.32 Å². The lowest BCUT2D eigenvalue weighted by Crippen LogP contribution is -2.29. The van der Waals surface area contributed by atoms with Crippen LogP contribution in [0.5, 0.6) is 0 Å². The summed E-state index contributed by atoms with van der Waals surface area (Å²) in [6.07, 6.45) is 4.60. The standard InChI is InChI=1S/C15H21NOS/c1-3-13-15(16-4-2)12-8-10-6-5-7-11(10)9-14(12)18(13)17/h8-9,13,15-16H,3-7H2,1-2H3. The Kier molecular flexibility index (Phi) is 3.29. The SMILES string of the molecule is CCNC1c2cc3c(cc2S(=O)C1CC)CCC3. The van der Waals surface area contributed by atoms with Crippen molar-refractivity contribution in [3.05, 3.63) is 28.8 Å². The van der Waals surface area contributed by atoms with Gasteiger partial charge < -0.3 is 5.32 Å². The van der Waals surface area contributed by atoms with Gasteiger partial charge in [-0.05, 0) is 55.0 Å². The fraction of sp³-hybridized carbons (Fsp3) is 0.600. The molecule has 1 aliphatic heterocycles. The molecule has 0 bridgehead atoms. The second-order valence-electron chi connectivity index (χ2n) is 5.29. The summed E-state index contributed by atoms with van der Waals surface area (Å²) in [6, 6.07) is 4.86. The molecule has 0 radical (unpaired) electrons. The first-order valence-electron chi connectivity index (χ1n) is 7.05. The molecule has 0 saturated heterocycles. The van der Waals surface area contributed by atoms with Crippen molar-refractivity contribution in [3.63, 3.8) is 0 Å². The summed E-state index contributed by atoms with van der Waals surface area (Å²) < 4.78 is 12.6. The van der Waals surface area contributed by atoms with Crippen molar-refractivity contribution in [3.8, 4) is 0 Å². The van der Waals surface area contributed by atoms with Crippen molar-refractivity contribution in [2.75, 3.05) is 6.54 Å². The third-order valence-electron chi connectivity index (χ3n) is 4.25. The van der Waals surface area contributed by atoms with E-state index in [-0.39, 0.29) is 5.25 Å². The minimum Gasteiger partial charge on any atom is -0.309 e. The number of aryl methyl sites for hydroxylation is 2. The number of hydrogen-bond acceptors (Lipinski definition) is 2. The molecule has 0 spiro atoms. The minimum absolute atomic E-state index is 0.252. The topological polar surface area (TPSA) is 29.1 Å². The highest BCUT2D eigenvalue weighted by Crippen LogP contribution is 2.40. The zero-order valence-corrected chi connectivity index (χ0v) is 12.0. The molecule has 0 saturated carbocycles. The molecule has 3 atom stereocenters. The minimum atomic E-state index is -0.822. The van der Waals surface area contributed by atoms with Gasteiger partial charge in [-0.1, -0.05) is 19.9 Å². The predicted octanol–water partition coefficient (Wildman–Crippen LogP) is 2.73. The fourth-order valence-corrected chi connectivity index (χ4v) is 5.17. The molecule has 2 nitrogen and oxygen atoms in total. The van der Waals surface area contributed by atoms with Crippen LogP contribution in [-0.2, 0) is 23.6 Å². The molecule has 1 aliphatic carbocycles. The van der Waals surface area contributed by atoms with Crippen LogP contribution in [0.3, 0.4) is 0 Å². The van der Waals surface area contributed by atoms with E-state index in [4.69, 9.17) is 0 Å². The van der Waals surface area contributed by atoms with Crippen molar-refractivity contribution in [2.24, 2.45) is 0 Å². The van der Waals surface area contributed by atoms with E-state index in [1.54, 1.807) is 0 Å². The smallest absolute Gasteiger partial charge is 0.0587 e. The Balaban J connectivity index is 2.08. The molecule has 0 amide bonds.